The zero-order valence-corrected chi connectivity index (χ0v) is 11.7. The second-order valence-electron chi connectivity index (χ2n) is 5.16. The lowest BCUT2D eigenvalue weighted by molar-refractivity contribution is 0.261. The molecule has 1 N–H and O–H groups in total. The fourth-order valence-corrected chi connectivity index (χ4v) is 3.13. The third-order valence-electron chi connectivity index (χ3n) is 4.02. The lowest BCUT2D eigenvalue weighted by Crippen LogP contribution is -2.44. The molecule has 1 unspecified atom stereocenters. The Kier molecular flexibility index (Phi) is 6.29. The summed E-state index contributed by atoms with van der Waals surface area (Å²) in [6.45, 7) is 8.81. The van der Waals surface area contributed by atoms with Gasteiger partial charge in [0.25, 0.3) is 0 Å². The summed E-state index contributed by atoms with van der Waals surface area (Å²) in [5, 5.41) is 3.52. The molecule has 1 aromatic heterocycles. The van der Waals surface area contributed by atoms with Crippen molar-refractivity contribution in [1.82, 2.24) is 10.3 Å². The van der Waals surface area contributed by atoms with Crippen LogP contribution in [0.5, 0.6) is 0 Å². The van der Waals surface area contributed by atoms with Crippen molar-refractivity contribution in [3.05, 3.63) is 24.5 Å². The Morgan fingerprint density at radius 2 is 1.95 bits per heavy atom. The number of anilines is 1. The van der Waals surface area contributed by atoms with E-state index in [1.165, 1.54) is 51.1 Å². The van der Waals surface area contributed by atoms with Gasteiger partial charge in [0.2, 0.25) is 0 Å². The highest BCUT2D eigenvalue weighted by Gasteiger charge is 2.37. The predicted octanol–water partition coefficient (Wildman–Crippen LogP) is 3.32. The molecule has 1 spiro atoms. The predicted molar refractivity (Wildman–Crippen MR) is 83.7 cm³/mol. The molecule has 2 saturated heterocycles. The SMILES string of the molecule is C.CC.c1cc(N2CCCC3(CCNC3)C2)ccn1. The molecule has 2 aliphatic heterocycles. The van der Waals surface area contributed by atoms with E-state index in [-0.39, 0.29) is 7.43 Å². The van der Waals surface area contributed by atoms with Crippen molar-refractivity contribution in [2.75, 3.05) is 31.1 Å². The number of piperidine rings is 1. The largest absolute Gasteiger partial charge is 0.371 e. The van der Waals surface area contributed by atoms with E-state index < -0.39 is 0 Å². The molecule has 3 rings (SSSR count). The average Bonchev–Trinajstić information content (AvgIpc) is 2.90. The highest BCUT2D eigenvalue weighted by atomic mass is 15.2. The molecule has 0 saturated carbocycles. The zero-order valence-electron chi connectivity index (χ0n) is 11.7. The van der Waals surface area contributed by atoms with Crippen LogP contribution >= 0.6 is 0 Å². The molecule has 108 valence electrons. The van der Waals surface area contributed by atoms with Gasteiger partial charge in [-0.15, -0.1) is 0 Å². The summed E-state index contributed by atoms with van der Waals surface area (Å²) in [5.41, 5.74) is 1.88. The Morgan fingerprint density at radius 1 is 1.21 bits per heavy atom. The van der Waals surface area contributed by atoms with Gasteiger partial charge in [-0.05, 0) is 37.9 Å². The minimum Gasteiger partial charge on any atom is -0.371 e. The molecule has 0 aliphatic carbocycles. The molecule has 3 heterocycles. The smallest absolute Gasteiger partial charge is 0.0397 e. The topological polar surface area (TPSA) is 28.2 Å². The number of nitrogens with zero attached hydrogens (tertiary/aromatic N) is 2. The van der Waals surface area contributed by atoms with E-state index in [1.54, 1.807) is 0 Å². The van der Waals surface area contributed by atoms with Gasteiger partial charge in [0, 0.05) is 43.1 Å². The van der Waals surface area contributed by atoms with Gasteiger partial charge in [0.15, 0.2) is 0 Å². The summed E-state index contributed by atoms with van der Waals surface area (Å²) in [6, 6.07) is 4.25. The molecule has 2 fully saturated rings. The number of aromatic nitrogens is 1. The van der Waals surface area contributed by atoms with Crippen LogP contribution in [0.2, 0.25) is 0 Å². The van der Waals surface area contributed by atoms with E-state index in [4.69, 9.17) is 0 Å². The van der Waals surface area contributed by atoms with Gasteiger partial charge in [-0.3, -0.25) is 4.98 Å². The maximum absolute atomic E-state index is 4.09. The monoisotopic (exact) mass is 263 g/mol. The summed E-state index contributed by atoms with van der Waals surface area (Å²) in [6.07, 6.45) is 7.84. The van der Waals surface area contributed by atoms with Gasteiger partial charge in [-0.1, -0.05) is 21.3 Å². The van der Waals surface area contributed by atoms with Gasteiger partial charge in [0.05, 0.1) is 0 Å². The zero-order chi connectivity index (χ0) is 12.8. The van der Waals surface area contributed by atoms with Crippen LogP contribution in [0.25, 0.3) is 0 Å². The Labute approximate surface area is 118 Å². The molecule has 2 aliphatic rings. The van der Waals surface area contributed by atoms with Gasteiger partial charge in [-0.2, -0.15) is 0 Å². The fraction of sp³-hybridized carbons (Fsp3) is 0.688. The third kappa shape index (κ3) is 3.69. The normalized spacial score (nSPS) is 25.5. The van der Waals surface area contributed by atoms with Crippen molar-refractivity contribution < 1.29 is 0 Å². The van der Waals surface area contributed by atoms with E-state index in [2.05, 4.69) is 27.3 Å². The fourth-order valence-electron chi connectivity index (χ4n) is 3.13. The minimum absolute atomic E-state index is 0. The molecule has 3 nitrogen and oxygen atoms in total. The first kappa shape index (κ1) is 16.0. The first-order valence-corrected chi connectivity index (χ1v) is 7.24. The quantitative estimate of drug-likeness (QED) is 0.842. The van der Waals surface area contributed by atoms with Crippen molar-refractivity contribution in [3.63, 3.8) is 0 Å². The summed E-state index contributed by atoms with van der Waals surface area (Å²) < 4.78 is 0. The number of nitrogens with one attached hydrogen (secondary N) is 1. The Morgan fingerprint density at radius 3 is 2.58 bits per heavy atom. The summed E-state index contributed by atoms with van der Waals surface area (Å²) in [5.74, 6) is 0. The summed E-state index contributed by atoms with van der Waals surface area (Å²) in [4.78, 5) is 6.62. The van der Waals surface area contributed by atoms with Gasteiger partial charge >= 0.3 is 0 Å². The molecule has 3 heteroatoms. The first-order chi connectivity index (χ1) is 8.88. The van der Waals surface area contributed by atoms with E-state index in [0.717, 1.165) is 0 Å². The lowest BCUT2D eigenvalue weighted by atomic mass is 9.79. The van der Waals surface area contributed by atoms with Crippen molar-refractivity contribution in [2.24, 2.45) is 5.41 Å². The molecule has 0 amide bonds. The van der Waals surface area contributed by atoms with Crippen LogP contribution in [0.15, 0.2) is 24.5 Å². The van der Waals surface area contributed by atoms with Crippen molar-refractivity contribution in [3.8, 4) is 0 Å². The Hall–Kier alpha value is -1.09. The van der Waals surface area contributed by atoms with Crippen LogP contribution in [0, 0.1) is 5.41 Å². The van der Waals surface area contributed by atoms with E-state index in [0.29, 0.717) is 5.41 Å². The van der Waals surface area contributed by atoms with Crippen LogP contribution in [0.3, 0.4) is 0 Å². The summed E-state index contributed by atoms with van der Waals surface area (Å²) in [7, 11) is 0. The van der Waals surface area contributed by atoms with Crippen molar-refractivity contribution >= 4 is 5.69 Å². The second-order valence-corrected chi connectivity index (χ2v) is 5.16. The minimum atomic E-state index is 0. The molecule has 0 radical (unpaired) electrons. The number of hydrogen-bond acceptors (Lipinski definition) is 3. The highest BCUT2D eigenvalue weighted by Crippen LogP contribution is 2.36. The molecule has 19 heavy (non-hydrogen) atoms. The maximum Gasteiger partial charge on any atom is 0.0397 e. The molecule has 1 atom stereocenters. The lowest BCUT2D eigenvalue weighted by Gasteiger charge is -2.41. The van der Waals surface area contributed by atoms with Crippen LogP contribution < -0.4 is 10.2 Å². The van der Waals surface area contributed by atoms with Crippen LogP contribution in [-0.2, 0) is 0 Å². The van der Waals surface area contributed by atoms with E-state index in [1.807, 2.05) is 26.2 Å². The average molecular weight is 263 g/mol. The summed E-state index contributed by atoms with van der Waals surface area (Å²) >= 11 is 0. The number of hydrogen-bond donors (Lipinski definition) is 1. The Bertz CT molecular complexity index is 344. The van der Waals surface area contributed by atoms with E-state index in [9.17, 15) is 0 Å². The van der Waals surface area contributed by atoms with Gasteiger partial charge in [0.1, 0.15) is 0 Å². The number of pyridine rings is 1. The standard InChI is InChI=1S/C13H19N3.C2H6.CH4/c1-4-13(5-8-15-10-13)11-16(9-1)12-2-6-14-7-3-12;1-2;/h2-3,6-7,15H,1,4-5,8-11H2;1-2H3;1H4. The maximum atomic E-state index is 4.09. The molecular weight excluding hydrogens is 234 g/mol. The second kappa shape index (κ2) is 7.49. The molecule has 1 aromatic rings. The van der Waals surface area contributed by atoms with Crippen molar-refractivity contribution in [1.29, 1.82) is 0 Å². The Balaban J connectivity index is 0.000000576. The molecular formula is C16H29N3. The highest BCUT2D eigenvalue weighted by molar-refractivity contribution is 5.45. The number of rotatable bonds is 1. The third-order valence-corrected chi connectivity index (χ3v) is 4.02. The van der Waals surface area contributed by atoms with Crippen LogP contribution in [0.4, 0.5) is 5.69 Å². The van der Waals surface area contributed by atoms with Gasteiger partial charge < -0.3 is 10.2 Å². The molecule has 0 bridgehead atoms. The van der Waals surface area contributed by atoms with Crippen molar-refractivity contribution in [2.45, 2.75) is 40.5 Å². The van der Waals surface area contributed by atoms with Gasteiger partial charge in [-0.25, -0.2) is 0 Å². The van der Waals surface area contributed by atoms with E-state index >= 15 is 0 Å². The molecule has 0 aromatic carbocycles. The van der Waals surface area contributed by atoms with Crippen LogP contribution in [-0.4, -0.2) is 31.2 Å². The first-order valence-electron chi connectivity index (χ1n) is 7.24. The van der Waals surface area contributed by atoms with Crippen LogP contribution in [0.1, 0.15) is 40.5 Å².